The number of nitrogens with one attached hydrogen (secondary N) is 1. The van der Waals surface area contributed by atoms with E-state index in [1.54, 1.807) is 11.4 Å². The van der Waals surface area contributed by atoms with Crippen LogP contribution in [0.3, 0.4) is 0 Å². The van der Waals surface area contributed by atoms with Crippen LogP contribution in [0.4, 0.5) is 22.7 Å². The molecule has 0 fully saturated rings. The van der Waals surface area contributed by atoms with E-state index in [2.05, 4.69) is 10.3 Å². The number of aromatic nitrogens is 1. The monoisotopic (exact) mass is 480 g/mol. The molecule has 0 spiro atoms. The first kappa shape index (κ1) is 22.6. The summed E-state index contributed by atoms with van der Waals surface area (Å²) in [6, 6.07) is 7.96. The third-order valence-corrected chi connectivity index (χ3v) is 5.37. The predicted octanol–water partition coefficient (Wildman–Crippen LogP) is 5.31. The molecular weight excluding hydrogens is 464 g/mol. The van der Waals surface area contributed by atoms with Crippen molar-refractivity contribution in [3.05, 3.63) is 59.2 Å². The zero-order valence-electron chi connectivity index (χ0n) is 17.0. The number of halogens is 4. The van der Waals surface area contributed by atoms with Gasteiger partial charge in [0.05, 0.1) is 18.4 Å². The molecule has 172 valence electrons. The Morgan fingerprint density at radius 3 is 2.61 bits per heavy atom. The summed E-state index contributed by atoms with van der Waals surface area (Å²) in [6.07, 6.45) is -4.34. The molecule has 11 heteroatoms. The summed E-state index contributed by atoms with van der Waals surface area (Å²) >= 11 is 0.994. The first-order chi connectivity index (χ1) is 15.7. The minimum Gasteiger partial charge on any atom is -0.494 e. The molecule has 0 bridgehead atoms. The van der Waals surface area contributed by atoms with E-state index >= 15 is 0 Å². The van der Waals surface area contributed by atoms with Crippen LogP contribution in [0.5, 0.6) is 17.2 Å². The number of allylic oxidation sites excluding steroid dienone is 1. The van der Waals surface area contributed by atoms with E-state index in [-0.39, 0.29) is 28.8 Å². The molecule has 0 unspecified atom stereocenters. The Labute approximate surface area is 189 Å². The molecule has 0 radical (unpaired) electrons. The van der Waals surface area contributed by atoms with Crippen LogP contribution in [0.2, 0.25) is 0 Å². The molecule has 6 nitrogen and oxygen atoms in total. The quantitative estimate of drug-likeness (QED) is 0.396. The van der Waals surface area contributed by atoms with E-state index in [1.807, 2.05) is 0 Å². The lowest BCUT2D eigenvalue weighted by atomic mass is 10.0. The number of fused-ring (bicyclic) bond motifs is 1. The fraction of sp³-hybridized carbons (Fsp3) is 0.182. The Hall–Kier alpha value is -3.60. The summed E-state index contributed by atoms with van der Waals surface area (Å²) < 4.78 is 70.5. The molecule has 33 heavy (non-hydrogen) atoms. The molecule has 0 saturated heterocycles. The maximum Gasteiger partial charge on any atom is 0.417 e. The number of carbonyl (C=O) groups is 1. The molecule has 0 saturated carbocycles. The highest BCUT2D eigenvalue weighted by molar-refractivity contribution is 7.14. The number of alkyl halides is 3. The topological polar surface area (TPSA) is 69.7 Å². The number of hydrogen-bond acceptors (Lipinski definition) is 6. The van der Waals surface area contributed by atoms with Gasteiger partial charge in [0.25, 0.3) is 5.91 Å². The number of carbonyl (C=O) groups excluding carboxylic acids is 1. The summed E-state index contributed by atoms with van der Waals surface area (Å²) in [4.78, 5) is 16.5. The largest absolute Gasteiger partial charge is 0.494 e. The molecule has 1 aliphatic rings. The second-order valence-electron chi connectivity index (χ2n) is 6.79. The van der Waals surface area contributed by atoms with Crippen LogP contribution in [-0.2, 0) is 4.79 Å². The van der Waals surface area contributed by atoms with Gasteiger partial charge >= 0.3 is 6.18 Å². The van der Waals surface area contributed by atoms with Crippen LogP contribution in [-0.4, -0.2) is 37.4 Å². The Bertz CT molecular complexity index is 1220. The van der Waals surface area contributed by atoms with Crippen molar-refractivity contribution in [2.24, 2.45) is 0 Å². The van der Waals surface area contributed by atoms with Crippen LogP contribution in [0, 0.1) is 5.82 Å². The Balaban J connectivity index is 1.55. The lowest BCUT2D eigenvalue weighted by Gasteiger charge is -2.20. The number of ether oxygens (including phenoxy) is 3. The maximum absolute atomic E-state index is 13.9. The molecule has 4 rings (SSSR count). The second-order valence-corrected chi connectivity index (χ2v) is 7.65. The number of anilines is 1. The first-order valence-corrected chi connectivity index (χ1v) is 10.4. The maximum atomic E-state index is 13.9. The minimum absolute atomic E-state index is 0.0613. The van der Waals surface area contributed by atoms with Crippen molar-refractivity contribution in [1.29, 1.82) is 0 Å². The van der Waals surface area contributed by atoms with Gasteiger partial charge in [-0.05, 0) is 35.9 Å². The van der Waals surface area contributed by atoms with Crippen LogP contribution in [0.1, 0.15) is 5.56 Å². The Morgan fingerprint density at radius 1 is 1.15 bits per heavy atom. The third kappa shape index (κ3) is 5.08. The van der Waals surface area contributed by atoms with E-state index in [1.165, 1.54) is 37.4 Å². The van der Waals surface area contributed by atoms with E-state index in [9.17, 15) is 22.4 Å². The molecule has 1 amide bonds. The number of benzene rings is 2. The molecular formula is C22H16F4N2O4S. The van der Waals surface area contributed by atoms with Crippen LogP contribution >= 0.6 is 11.3 Å². The minimum atomic E-state index is -4.80. The average molecular weight is 480 g/mol. The summed E-state index contributed by atoms with van der Waals surface area (Å²) in [5.74, 6) is -1.04. The van der Waals surface area contributed by atoms with Gasteiger partial charge in [-0.25, -0.2) is 9.37 Å². The second kappa shape index (κ2) is 9.10. The fourth-order valence-electron chi connectivity index (χ4n) is 3.10. The van der Waals surface area contributed by atoms with Gasteiger partial charge in [-0.2, -0.15) is 13.2 Å². The Kier molecular flexibility index (Phi) is 6.23. The summed E-state index contributed by atoms with van der Waals surface area (Å²) in [5, 5.41) is 3.93. The lowest BCUT2D eigenvalue weighted by Crippen LogP contribution is -2.18. The fourth-order valence-corrected chi connectivity index (χ4v) is 3.82. The zero-order valence-corrected chi connectivity index (χ0v) is 17.8. The van der Waals surface area contributed by atoms with Crippen molar-refractivity contribution in [3.8, 4) is 28.5 Å². The van der Waals surface area contributed by atoms with Gasteiger partial charge < -0.3 is 14.2 Å². The van der Waals surface area contributed by atoms with Crippen molar-refractivity contribution in [2.45, 2.75) is 6.18 Å². The van der Waals surface area contributed by atoms with E-state index in [0.29, 0.717) is 29.7 Å². The number of thiazole rings is 1. The molecule has 0 aliphatic carbocycles. The van der Waals surface area contributed by atoms with Gasteiger partial charge in [-0.1, -0.05) is 6.07 Å². The third-order valence-electron chi connectivity index (χ3n) is 4.62. The van der Waals surface area contributed by atoms with E-state index in [0.717, 1.165) is 11.3 Å². The molecule has 2 aromatic carbocycles. The summed E-state index contributed by atoms with van der Waals surface area (Å²) in [6.45, 7) is 0.516. The molecule has 0 atom stereocenters. The van der Waals surface area contributed by atoms with Crippen LogP contribution in [0.15, 0.2) is 47.9 Å². The number of nitrogens with zero attached hydrogens (tertiary/aromatic N) is 1. The predicted molar refractivity (Wildman–Crippen MR) is 114 cm³/mol. The first-order valence-electron chi connectivity index (χ1n) is 9.54. The zero-order chi connectivity index (χ0) is 23.6. The van der Waals surface area contributed by atoms with Gasteiger partial charge in [0.15, 0.2) is 28.2 Å². The van der Waals surface area contributed by atoms with Crippen LogP contribution < -0.4 is 19.5 Å². The van der Waals surface area contributed by atoms with Crippen molar-refractivity contribution in [2.75, 3.05) is 25.6 Å². The van der Waals surface area contributed by atoms with Crippen LogP contribution in [0.25, 0.3) is 16.8 Å². The number of hydrogen-bond donors (Lipinski definition) is 1. The highest BCUT2D eigenvalue weighted by atomic mass is 32.1. The highest BCUT2D eigenvalue weighted by Crippen LogP contribution is 2.39. The molecule has 1 N–H and O–H groups in total. The summed E-state index contributed by atoms with van der Waals surface area (Å²) in [7, 11) is 1.34. The van der Waals surface area contributed by atoms with Gasteiger partial charge in [0, 0.05) is 17.0 Å². The van der Waals surface area contributed by atoms with Crippen molar-refractivity contribution >= 4 is 27.9 Å². The van der Waals surface area contributed by atoms with Gasteiger partial charge in [-0.3, -0.25) is 10.1 Å². The normalized spacial score (nSPS) is 13.5. The average Bonchev–Trinajstić information content (AvgIpc) is 3.24. The van der Waals surface area contributed by atoms with Crippen molar-refractivity contribution < 1.29 is 36.6 Å². The number of rotatable bonds is 5. The van der Waals surface area contributed by atoms with Crippen molar-refractivity contribution in [1.82, 2.24) is 4.98 Å². The van der Waals surface area contributed by atoms with Gasteiger partial charge in [0.2, 0.25) is 0 Å². The van der Waals surface area contributed by atoms with Crippen molar-refractivity contribution in [3.63, 3.8) is 0 Å². The van der Waals surface area contributed by atoms with Gasteiger partial charge in [0.1, 0.15) is 13.2 Å². The van der Waals surface area contributed by atoms with E-state index < -0.39 is 23.5 Å². The van der Waals surface area contributed by atoms with E-state index in [4.69, 9.17) is 14.2 Å². The number of amides is 1. The molecule has 1 aliphatic heterocycles. The Morgan fingerprint density at radius 2 is 1.91 bits per heavy atom. The SMILES string of the molecule is COc1ccc(-c2csc(NC(=O)/C=C(\c3ccc4c(c3)OCCO4)C(F)(F)F)n2)cc1F. The molecule has 3 aromatic rings. The molecule has 2 heterocycles. The number of methoxy groups -OCH3 is 1. The highest BCUT2D eigenvalue weighted by Gasteiger charge is 2.36. The smallest absolute Gasteiger partial charge is 0.417 e. The molecule has 1 aromatic heterocycles. The summed E-state index contributed by atoms with van der Waals surface area (Å²) in [5.41, 5.74) is -0.613. The lowest BCUT2D eigenvalue weighted by molar-refractivity contribution is -0.112. The van der Waals surface area contributed by atoms with Gasteiger partial charge in [-0.15, -0.1) is 11.3 Å². The standard InChI is InChI=1S/C22H16F4N2O4S/c1-30-17-4-3-13(8-15(17)23)16-11-33-21(27-16)28-20(29)10-14(22(24,25)26)12-2-5-18-19(9-12)32-7-6-31-18/h2-5,8-11H,6-7H2,1H3,(H,27,28,29)/b14-10+.